The summed E-state index contributed by atoms with van der Waals surface area (Å²) in [5.74, 6) is -0.930. The molecule has 0 spiro atoms. The molecule has 0 fully saturated rings. The van der Waals surface area contributed by atoms with Gasteiger partial charge in [0.2, 0.25) is 0 Å². The molecular weight excluding hydrogens is 223 g/mol. The van der Waals surface area contributed by atoms with E-state index in [4.69, 9.17) is 0 Å². The minimum atomic E-state index is -0.505. The van der Waals surface area contributed by atoms with Crippen LogP contribution in [0.5, 0.6) is 0 Å². The van der Waals surface area contributed by atoms with Gasteiger partial charge in [-0.05, 0) is 0 Å². The van der Waals surface area contributed by atoms with Crippen LogP contribution in [0.2, 0.25) is 0 Å². The Kier molecular flexibility index (Phi) is 4.78. The molecule has 0 aliphatic heterocycles. The summed E-state index contributed by atoms with van der Waals surface area (Å²) in [7, 11) is 0. The summed E-state index contributed by atoms with van der Waals surface area (Å²) >= 11 is 1.00. The zero-order valence-electron chi connectivity index (χ0n) is 5.78. The summed E-state index contributed by atoms with van der Waals surface area (Å²) in [6, 6.07) is 3.70. The summed E-state index contributed by atoms with van der Waals surface area (Å²) in [5.41, 5.74) is 0.612. The van der Waals surface area contributed by atoms with Gasteiger partial charge in [0, 0.05) is 0 Å². The van der Waals surface area contributed by atoms with Gasteiger partial charge in [0.05, 0.1) is 0 Å². The van der Waals surface area contributed by atoms with Gasteiger partial charge in [0.15, 0.2) is 0 Å². The Morgan fingerprint density at radius 1 is 1.27 bits per heavy atom. The molecule has 0 saturated heterocycles. The van der Waals surface area contributed by atoms with Crippen LogP contribution in [-0.2, 0) is 23.3 Å². The SMILES string of the molecule is Fc1ccc([CH2][Zn+])c(F)c1.[Cl-]. The minimum Gasteiger partial charge on any atom is -1.00 e. The molecule has 0 saturated carbocycles. The number of halogens is 3. The molecule has 0 N–H and O–H groups in total. The third-order valence-corrected chi connectivity index (χ3v) is 2.41. The molecule has 0 aromatic heterocycles. The largest absolute Gasteiger partial charge is 1.00 e. The van der Waals surface area contributed by atoms with Gasteiger partial charge in [-0.25, -0.2) is 0 Å². The number of hydrogen-bond donors (Lipinski definition) is 0. The molecule has 11 heavy (non-hydrogen) atoms. The van der Waals surface area contributed by atoms with Crippen molar-refractivity contribution in [1.29, 1.82) is 0 Å². The molecule has 0 unspecified atom stereocenters. The number of hydrogen-bond acceptors (Lipinski definition) is 0. The van der Waals surface area contributed by atoms with Gasteiger partial charge in [-0.1, -0.05) is 0 Å². The first kappa shape index (κ1) is 11.0. The van der Waals surface area contributed by atoms with Crippen molar-refractivity contribution >= 4 is 0 Å². The van der Waals surface area contributed by atoms with Crippen molar-refractivity contribution in [2.45, 2.75) is 5.02 Å². The van der Waals surface area contributed by atoms with E-state index in [-0.39, 0.29) is 12.4 Å². The average molecular weight is 228 g/mol. The van der Waals surface area contributed by atoms with E-state index in [1.165, 1.54) is 12.1 Å². The fourth-order valence-corrected chi connectivity index (χ4v) is 1.58. The maximum absolute atomic E-state index is 12.6. The molecule has 1 rings (SSSR count). The Hall–Kier alpha value is -0.00662. The fraction of sp³-hybridized carbons (Fsp3) is 0.143. The molecule has 4 heteroatoms. The van der Waals surface area contributed by atoms with Crippen molar-refractivity contribution in [3.8, 4) is 0 Å². The van der Waals surface area contributed by atoms with E-state index in [2.05, 4.69) is 0 Å². The predicted octanol–water partition coefficient (Wildman–Crippen LogP) is -0.984. The van der Waals surface area contributed by atoms with Crippen molar-refractivity contribution in [3.05, 3.63) is 35.4 Å². The number of rotatable bonds is 1. The average Bonchev–Trinajstić information content (AvgIpc) is 1.88. The topological polar surface area (TPSA) is 0 Å². The van der Waals surface area contributed by atoms with Crippen LogP contribution in [0.15, 0.2) is 18.2 Å². The molecule has 1 aromatic rings. The van der Waals surface area contributed by atoms with Gasteiger partial charge in [-0.15, -0.1) is 0 Å². The first-order valence-corrected chi connectivity index (χ1v) is 5.07. The summed E-state index contributed by atoms with van der Waals surface area (Å²) in [5, 5.41) is 0.728. The zero-order valence-corrected chi connectivity index (χ0v) is 9.50. The van der Waals surface area contributed by atoms with E-state index < -0.39 is 11.6 Å². The third-order valence-electron chi connectivity index (χ3n) is 1.28. The Morgan fingerprint density at radius 3 is 2.36 bits per heavy atom. The van der Waals surface area contributed by atoms with Crippen molar-refractivity contribution in [2.75, 3.05) is 0 Å². The molecular formula is C7H5ClF2Zn. The van der Waals surface area contributed by atoms with Crippen LogP contribution in [0.4, 0.5) is 8.78 Å². The van der Waals surface area contributed by atoms with E-state index in [9.17, 15) is 8.78 Å². The van der Waals surface area contributed by atoms with E-state index >= 15 is 0 Å². The standard InChI is InChI=1S/C7H5F2.ClH.Zn/c1-5-2-3-6(8)4-7(5)9;;/h2-4H,1H2;1H;/q;;+1/p-1. The van der Waals surface area contributed by atoms with Crippen molar-refractivity contribution in [3.63, 3.8) is 0 Å². The molecule has 0 radical (unpaired) electrons. The van der Waals surface area contributed by atoms with Crippen LogP contribution in [-0.4, -0.2) is 0 Å². The van der Waals surface area contributed by atoms with Crippen LogP contribution in [0.1, 0.15) is 5.56 Å². The summed E-state index contributed by atoms with van der Waals surface area (Å²) in [6.07, 6.45) is 0. The quantitative estimate of drug-likeness (QED) is 0.542. The van der Waals surface area contributed by atoms with E-state index in [1.54, 1.807) is 0 Å². The number of benzene rings is 1. The van der Waals surface area contributed by atoms with Gasteiger partial charge < -0.3 is 12.4 Å². The Morgan fingerprint density at radius 2 is 1.91 bits per heavy atom. The van der Waals surface area contributed by atoms with E-state index in [0.29, 0.717) is 5.56 Å². The Balaban J connectivity index is 0.000001000. The van der Waals surface area contributed by atoms with Gasteiger partial charge in [0.25, 0.3) is 0 Å². The monoisotopic (exact) mass is 226 g/mol. The van der Waals surface area contributed by atoms with Gasteiger partial charge in [-0.2, -0.15) is 0 Å². The second kappa shape index (κ2) is 4.79. The maximum Gasteiger partial charge on any atom is -1.00 e. The van der Waals surface area contributed by atoms with Crippen LogP contribution in [0.3, 0.4) is 0 Å². The fourth-order valence-electron chi connectivity index (χ4n) is 0.724. The normalized spacial score (nSPS) is 9.09. The van der Waals surface area contributed by atoms with Crippen LogP contribution in [0, 0.1) is 11.6 Å². The van der Waals surface area contributed by atoms with Crippen LogP contribution < -0.4 is 12.4 Å². The van der Waals surface area contributed by atoms with Crippen molar-refractivity contribution < 1.29 is 39.5 Å². The molecule has 56 valence electrons. The second-order valence-corrected chi connectivity index (χ2v) is 3.03. The summed E-state index contributed by atoms with van der Waals surface area (Å²) in [6.45, 7) is 0. The predicted molar refractivity (Wildman–Crippen MR) is 30.1 cm³/mol. The van der Waals surface area contributed by atoms with E-state index in [0.717, 1.165) is 29.4 Å². The first-order valence-electron chi connectivity index (χ1n) is 2.97. The third kappa shape index (κ3) is 2.84. The molecule has 1 aromatic carbocycles. The zero-order chi connectivity index (χ0) is 7.56. The van der Waals surface area contributed by atoms with Crippen LogP contribution >= 0.6 is 0 Å². The maximum atomic E-state index is 12.6. The molecule has 0 aliphatic carbocycles. The van der Waals surface area contributed by atoms with Gasteiger partial charge >= 0.3 is 67.5 Å². The van der Waals surface area contributed by atoms with Crippen LogP contribution in [0.25, 0.3) is 0 Å². The molecule has 0 amide bonds. The molecule has 0 nitrogen and oxygen atoms in total. The molecule has 0 atom stereocenters. The molecule has 0 bridgehead atoms. The molecule has 0 aliphatic rings. The minimum absolute atomic E-state index is 0. The van der Waals surface area contributed by atoms with Gasteiger partial charge in [-0.3, -0.25) is 0 Å². The van der Waals surface area contributed by atoms with E-state index in [1.807, 2.05) is 0 Å². The molecule has 0 heterocycles. The Bertz CT molecular complexity index is 240. The summed E-state index contributed by atoms with van der Waals surface area (Å²) < 4.78 is 24.9. The van der Waals surface area contributed by atoms with Crippen molar-refractivity contribution in [2.24, 2.45) is 0 Å². The first-order chi connectivity index (χ1) is 4.74. The summed E-state index contributed by atoms with van der Waals surface area (Å²) in [4.78, 5) is 0. The smallest absolute Gasteiger partial charge is 1.00 e. The Labute approximate surface area is 80.1 Å². The second-order valence-electron chi connectivity index (χ2n) is 1.99. The van der Waals surface area contributed by atoms with Crippen molar-refractivity contribution in [1.82, 2.24) is 0 Å². The van der Waals surface area contributed by atoms with Gasteiger partial charge in [0.1, 0.15) is 0 Å².